The van der Waals surface area contributed by atoms with Gasteiger partial charge in [0.05, 0.1) is 0 Å². The molecule has 0 aliphatic heterocycles. The van der Waals surface area contributed by atoms with Crippen LogP contribution >= 0.6 is 0 Å². The lowest BCUT2D eigenvalue weighted by atomic mass is 9.88. The second-order valence-corrected chi connectivity index (χ2v) is 8.22. The number of carbonyl (C=O) groups is 1. The molecule has 0 spiro atoms. The SMILES string of the molecule is Cc1cc(-c2cc(C(=O)N(C3CCCCC3)C3CCCCC3)no2)oc1C. The molecule has 2 aromatic rings. The fourth-order valence-corrected chi connectivity index (χ4v) is 4.67. The highest BCUT2D eigenvalue weighted by Crippen LogP contribution is 2.32. The molecule has 0 N–H and O–H groups in total. The molecule has 2 heterocycles. The normalized spacial score (nSPS) is 19.3. The molecular formula is C22H30N2O3. The monoisotopic (exact) mass is 370 g/mol. The lowest BCUT2D eigenvalue weighted by molar-refractivity contribution is 0.0438. The van der Waals surface area contributed by atoms with Crippen LogP contribution in [0.3, 0.4) is 0 Å². The molecular weight excluding hydrogens is 340 g/mol. The Morgan fingerprint density at radius 2 is 1.52 bits per heavy atom. The van der Waals surface area contributed by atoms with Crippen LogP contribution in [0.15, 0.2) is 21.1 Å². The fraction of sp³-hybridized carbons (Fsp3) is 0.636. The van der Waals surface area contributed by atoms with Gasteiger partial charge in [-0.15, -0.1) is 0 Å². The van der Waals surface area contributed by atoms with Crippen LogP contribution in [0.1, 0.15) is 86.0 Å². The molecule has 146 valence electrons. The van der Waals surface area contributed by atoms with E-state index in [2.05, 4.69) is 10.1 Å². The number of carbonyl (C=O) groups excluding carboxylic acids is 1. The Morgan fingerprint density at radius 1 is 0.926 bits per heavy atom. The van der Waals surface area contributed by atoms with Crippen molar-refractivity contribution in [1.29, 1.82) is 0 Å². The number of nitrogens with zero attached hydrogens (tertiary/aromatic N) is 2. The van der Waals surface area contributed by atoms with E-state index >= 15 is 0 Å². The van der Waals surface area contributed by atoms with Crippen molar-refractivity contribution in [2.75, 3.05) is 0 Å². The van der Waals surface area contributed by atoms with Gasteiger partial charge in [-0.05, 0) is 51.2 Å². The third-order valence-electron chi connectivity index (χ3n) is 6.31. The zero-order valence-electron chi connectivity index (χ0n) is 16.5. The van der Waals surface area contributed by atoms with Gasteiger partial charge in [0.15, 0.2) is 11.5 Å². The van der Waals surface area contributed by atoms with Crippen molar-refractivity contribution in [3.05, 3.63) is 29.2 Å². The molecule has 2 aliphatic carbocycles. The third kappa shape index (κ3) is 3.83. The molecule has 0 unspecified atom stereocenters. The van der Waals surface area contributed by atoms with E-state index in [0.29, 0.717) is 29.3 Å². The average molecular weight is 370 g/mol. The Kier molecular flexibility index (Phi) is 5.37. The largest absolute Gasteiger partial charge is 0.458 e. The molecule has 5 nitrogen and oxygen atoms in total. The molecule has 0 bridgehead atoms. The molecule has 27 heavy (non-hydrogen) atoms. The summed E-state index contributed by atoms with van der Waals surface area (Å²) in [6, 6.07) is 4.38. The molecule has 2 fully saturated rings. The first-order valence-electron chi connectivity index (χ1n) is 10.5. The van der Waals surface area contributed by atoms with Gasteiger partial charge in [0.25, 0.3) is 5.91 Å². The maximum atomic E-state index is 13.4. The molecule has 2 aromatic heterocycles. The van der Waals surface area contributed by atoms with Gasteiger partial charge < -0.3 is 13.8 Å². The van der Waals surface area contributed by atoms with Crippen LogP contribution in [0.25, 0.3) is 11.5 Å². The van der Waals surface area contributed by atoms with Gasteiger partial charge in [0.2, 0.25) is 5.76 Å². The maximum absolute atomic E-state index is 13.4. The van der Waals surface area contributed by atoms with Gasteiger partial charge in [0, 0.05) is 18.2 Å². The number of rotatable bonds is 4. The van der Waals surface area contributed by atoms with Crippen molar-refractivity contribution < 1.29 is 13.7 Å². The van der Waals surface area contributed by atoms with E-state index in [-0.39, 0.29) is 5.91 Å². The highest BCUT2D eigenvalue weighted by molar-refractivity contribution is 5.93. The molecule has 2 saturated carbocycles. The van der Waals surface area contributed by atoms with Crippen LogP contribution in [0, 0.1) is 13.8 Å². The summed E-state index contributed by atoms with van der Waals surface area (Å²) >= 11 is 0. The smallest absolute Gasteiger partial charge is 0.276 e. The van der Waals surface area contributed by atoms with Crippen molar-refractivity contribution in [2.24, 2.45) is 0 Å². The first-order valence-corrected chi connectivity index (χ1v) is 10.5. The lowest BCUT2D eigenvalue weighted by Gasteiger charge is -2.41. The number of amides is 1. The predicted molar refractivity (Wildman–Crippen MR) is 104 cm³/mol. The Bertz CT molecular complexity index is 742. The third-order valence-corrected chi connectivity index (χ3v) is 6.31. The summed E-state index contributed by atoms with van der Waals surface area (Å²) in [5, 5.41) is 4.12. The minimum atomic E-state index is 0.0313. The Balaban J connectivity index is 1.58. The Morgan fingerprint density at radius 3 is 2.04 bits per heavy atom. The number of aromatic nitrogens is 1. The summed E-state index contributed by atoms with van der Waals surface area (Å²) in [4.78, 5) is 15.6. The molecule has 0 radical (unpaired) electrons. The van der Waals surface area contributed by atoms with E-state index in [4.69, 9.17) is 8.94 Å². The van der Waals surface area contributed by atoms with Crippen LogP contribution in [0.2, 0.25) is 0 Å². The standard InChI is InChI=1S/C22H30N2O3/c1-15-13-20(26-16(15)2)21-14-19(23-27-21)22(25)24(17-9-5-3-6-10-17)18-11-7-4-8-12-18/h13-14,17-18H,3-12H2,1-2H3. The quantitative estimate of drug-likeness (QED) is 0.697. The van der Waals surface area contributed by atoms with Gasteiger partial charge in [-0.2, -0.15) is 0 Å². The van der Waals surface area contributed by atoms with Gasteiger partial charge in [-0.25, -0.2) is 0 Å². The molecule has 1 amide bonds. The number of hydrogen-bond acceptors (Lipinski definition) is 4. The van der Waals surface area contributed by atoms with Crippen molar-refractivity contribution in [3.8, 4) is 11.5 Å². The number of aryl methyl sites for hydroxylation is 2. The summed E-state index contributed by atoms with van der Waals surface area (Å²) in [5.41, 5.74) is 1.48. The number of furan rings is 1. The minimum Gasteiger partial charge on any atom is -0.458 e. The molecule has 5 heteroatoms. The van der Waals surface area contributed by atoms with Gasteiger partial charge in [-0.3, -0.25) is 4.79 Å². The zero-order chi connectivity index (χ0) is 18.8. The van der Waals surface area contributed by atoms with Crippen LogP contribution < -0.4 is 0 Å². The van der Waals surface area contributed by atoms with Gasteiger partial charge in [-0.1, -0.05) is 43.7 Å². The maximum Gasteiger partial charge on any atom is 0.276 e. The summed E-state index contributed by atoms with van der Waals surface area (Å²) in [6.45, 7) is 3.92. The van der Waals surface area contributed by atoms with E-state index in [0.717, 1.165) is 37.0 Å². The summed E-state index contributed by atoms with van der Waals surface area (Å²) in [5.74, 6) is 2.06. The van der Waals surface area contributed by atoms with E-state index < -0.39 is 0 Å². The molecule has 2 aliphatic rings. The first kappa shape index (κ1) is 18.3. The lowest BCUT2D eigenvalue weighted by Crippen LogP contribution is -2.48. The van der Waals surface area contributed by atoms with Crippen LogP contribution in [0.4, 0.5) is 0 Å². The van der Waals surface area contributed by atoms with Gasteiger partial charge in [0.1, 0.15) is 5.76 Å². The second kappa shape index (κ2) is 7.91. The zero-order valence-corrected chi connectivity index (χ0v) is 16.5. The fourth-order valence-electron chi connectivity index (χ4n) is 4.67. The summed E-state index contributed by atoms with van der Waals surface area (Å²) < 4.78 is 11.2. The van der Waals surface area contributed by atoms with Crippen LogP contribution in [-0.4, -0.2) is 28.0 Å². The Hall–Kier alpha value is -2.04. The summed E-state index contributed by atoms with van der Waals surface area (Å²) in [6.07, 6.45) is 11.9. The predicted octanol–water partition coefficient (Wildman–Crippen LogP) is 5.66. The van der Waals surface area contributed by atoms with E-state index in [9.17, 15) is 4.79 Å². The summed E-state index contributed by atoms with van der Waals surface area (Å²) in [7, 11) is 0. The topological polar surface area (TPSA) is 59.5 Å². The highest BCUT2D eigenvalue weighted by Gasteiger charge is 2.34. The highest BCUT2D eigenvalue weighted by atomic mass is 16.5. The van der Waals surface area contributed by atoms with E-state index in [1.54, 1.807) is 6.07 Å². The van der Waals surface area contributed by atoms with Crippen LogP contribution in [0.5, 0.6) is 0 Å². The minimum absolute atomic E-state index is 0.0313. The Labute approximate surface area is 161 Å². The molecule has 0 atom stereocenters. The van der Waals surface area contributed by atoms with E-state index in [1.165, 1.54) is 38.5 Å². The second-order valence-electron chi connectivity index (χ2n) is 8.22. The molecule has 4 rings (SSSR count). The molecule has 0 saturated heterocycles. The van der Waals surface area contributed by atoms with Crippen molar-refractivity contribution >= 4 is 5.91 Å². The van der Waals surface area contributed by atoms with E-state index in [1.807, 2.05) is 19.9 Å². The van der Waals surface area contributed by atoms with Crippen molar-refractivity contribution in [3.63, 3.8) is 0 Å². The first-order chi connectivity index (χ1) is 13.1. The molecule has 0 aromatic carbocycles. The number of hydrogen-bond donors (Lipinski definition) is 0. The van der Waals surface area contributed by atoms with Crippen molar-refractivity contribution in [1.82, 2.24) is 10.1 Å². The van der Waals surface area contributed by atoms with Crippen LogP contribution in [-0.2, 0) is 0 Å². The average Bonchev–Trinajstić information content (AvgIpc) is 3.31. The van der Waals surface area contributed by atoms with Gasteiger partial charge >= 0.3 is 0 Å². The van der Waals surface area contributed by atoms with Crippen molar-refractivity contribution in [2.45, 2.75) is 90.1 Å².